The number of rotatable bonds is 6. The van der Waals surface area contributed by atoms with Crippen molar-refractivity contribution in [2.45, 2.75) is 13.1 Å². The number of aromatic nitrogens is 1. The Morgan fingerprint density at radius 1 is 1.15 bits per heavy atom. The number of hydrogen-bond acceptors (Lipinski definition) is 5. The van der Waals surface area contributed by atoms with Crippen LogP contribution in [0.15, 0.2) is 42.5 Å². The van der Waals surface area contributed by atoms with E-state index in [2.05, 4.69) is 34.5 Å². The van der Waals surface area contributed by atoms with Gasteiger partial charge in [0.15, 0.2) is 0 Å². The Morgan fingerprint density at radius 2 is 1.90 bits per heavy atom. The van der Waals surface area contributed by atoms with Crippen LogP contribution < -0.4 is 16.0 Å². The molecule has 0 fully saturated rings. The van der Waals surface area contributed by atoms with Gasteiger partial charge < -0.3 is 10.2 Å². The van der Waals surface area contributed by atoms with Gasteiger partial charge in [-0.1, -0.05) is 18.2 Å². The first-order valence-electron chi connectivity index (χ1n) is 6.45. The van der Waals surface area contributed by atoms with E-state index in [1.54, 1.807) is 7.11 Å². The van der Waals surface area contributed by atoms with Crippen LogP contribution in [0.2, 0.25) is 0 Å². The van der Waals surface area contributed by atoms with Crippen LogP contribution >= 0.6 is 0 Å². The van der Waals surface area contributed by atoms with Crippen molar-refractivity contribution in [3.8, 4) is 5.75 Å². The van der Waals surface area contributed by atoms with Crippen molar-refractivity contribution in [2.75, 3.05) is 19.6 Å². The third-order valence-corrected chi connectivity index (χ3v) is 3.00. The molecule has 2 rings (SSSR count). The molecule has 3 N–H and O–H groups in total. The van der Waals surface area contributed by atoms with E-state index in [1.807, 2.05) is 30.3 Å². The average molecular weight is 272 g/mol. The Hall–Kier alpha value is -2.11. The molecule has 5 nitrogen and oxygen atoms in total. The van der Waals surface area contributed by atoms with Crippen molar-refractivity contribution in [1.82, 2.24) is 9.88 Å². The molecule has 0 aliphatic rings. The molecule has 106 valence electrons. The van der Waals surface area contributed by atoms with Crippen LogP contribution in [0.3, 0.4) is 0 Å². The fraction of sp³-hybridized carbons (Fsp3) is 0.267. The maximum atomic E-state index is 5.36. The van der Waals surface area contributed by atoms with E-state index < -0.39 is 0 Å². The number of nitrogens with two attached hydrogens (primary N) is 1. The predicted molar refractivity (Wildman–Crippen MR) is 80.2 cm³/mol. The topological polar surface area (TPSA) is 63.4 Å². The molecule has 1 heterocycles. The number of methoxy groups -OCH3 is 1. The van der Waals surface area contributed by atoms with E-state index in [1.165, 1.54) is 5.56 Å². The van der Waals surface area contributed by atoms with Crippen molar-refractivity contribution in [2.24, 2.45) is 5.84 Å². The quantitative estimate of drug-likeness (QED) is 0.622. The predicted octanol–water partition coefficient (Wildman–Crippen LogP) is 2.01. The highest BCUT2D eigenvalue weighted by molar-refractivity contribution is 5.33. The Kier molecular flexibility index (Phi) is 4.92. The molecule has 0 aliphatic carbocycles. The normalized spacial score (nSPS) is 10.6. The van der Waals surface area contributed by atoms with E-state index in [-0.39, 0.29) is 0 Å². The smallest absolute Gasteiger partial charge is 0.140 e. The van der Waals surface area contributed by atoms with Gasteiger partial charge in [0.2, 0.25) is 0 Å². The molecule has 0 atom stereocenters. The SMILES string of the molecule is COc1ccc(CN(C)Cc2cccc(NN)n2)cc1. The highest BCUT2D eigenvalue weighted by atomic mass is 16.5. The molecule has 0 amide bonds. The fourth-order valence-corrected chi connectivity index (χ4v) is 2.02. The minimum Gasteiger partial charge on any atom is -0.497 e. The van der Waals surface area contributed by atoms with E-state index >= 15 is 0 Å². The van der Waals surface area contributed by atoms with Crippen LogP contribution in [-0.4, -0.2) is 24.0 Å². The highest BCUT2D eigenvalue weighted by Gasteiger charge is 2.04. The van der Waals surface area contributed by atoms with E-state index in [0.29, 0.717) is 5.82 Å². The Labute approximate surface area is 119 Å². The summed E-state index contributed by atoms with van der Waals surface area (Å²) in [6.07, 6.45) is 0. The Morgan fingerprint density at radius 3 is 2.55 bits per heavy atom. The number of nitrogens with zero attached hydrogens (tertiary/aromatic N) is 2. The molecule has 2 aromatic rings. The molecule has 0 bridgehead atoms. The first kappa shape index (κ1) is 14.3. The number of nitrogen functional groups attached to an aromatic ring is 1. The maximum absolute atomic E-state index is 5.36. The van der Waals surface area contributed by atoms with Crippen molar-refractivity contribution in [3.05, 3.63) is 53.7 Å². The van der Waals surface area contributed by atoms with E-state index in [9.17, 15) is 0 Å². The molecular formula is C15H20N4O. The van der Waals surface area contributed by atoms with Gasteiger partial charge in [-0.3, -0.25) is 4.90 Å². The van der Waals surface area contributed by atoms with Gasteiger partial charge in [-0.05, 0) is 36.9 Å². The van der Waals surface area contributed by atoms with Crippen molar-refractivity contribution in [1.29, 1.82) is 0 Å². The number of benzene rings is 1. The molecule has 0 unspecified atom stereocenters. The van der Waals surface area contributed by atoms with Crippen molar-refractivity contribution >= 4 is 5.82 Å². The number of anilines is 1. The number of ether oxygens (including phenoxy) is 1. The largest absolute Gasteiger partial charge is 0.497 e. The molecule has 0 radical (unpaired) electrons. The van der Waals surface area contributed by atoms with Gasteiger partial charge in [-0.2, -0.15) is 0 Å². The second-order valence-corrected chi connectivity index (χ2v) is 4.68. The summed E-state index contributed by atoms with van der Waals surface area (Å²) in [5, 5.41) is 0. The highest BCUT2D eigenvalue weighted by Crippen LogP contribution is 2.13. The summed E-state index contributed by atoms with van der Waals surface area (Å²) in [5.41, 5.74) is 4.78. The van der Waals surface area contributed by atoms with Crippen LogP contribution in [0.25, 0.3) is 0 Å². The molecule has 1 aromatic carbocycles. The molecule has 0 saturated heterocycles. The molecule has 1 aromatic heterocycles. The summed E-state index contributed by atoms with van der Waals surface area (Å²) < 4.78 is 5.15. The van der Waals surface area contributed by atoms with Crippen LogP contribution in [-0.2, 0) is 13.1 Å². The monoisotopic (exact) mass is 272 g/mol. The lowest BCUT2D eigenvalue weighted by Crippen LogP contribution is -2.18. The lowest BCUT2D eigenvalue weighted by Gasteiger charge is -2.16. The van der Waals surface area contributed by atoms with Gasteiger partial charge in [0.1, 0.15) is 11.6 Å². The van der Waals surface area contributed by atoms with Gasteiger partial charge in [-0.25, -0.2) is 10.8 Å². The Balaban J connectivity index is 1.95. The minimum absolute atomic E-state index is 0.681. The first-order valence-corrected chi connectivity index (χ1v) is 6.45. The summed E-state index contributed by atoms with van der Waals surface area (Å²) >= 11 is 0. The molecular weight excluding hydrogens is 252 g/mol. The lowest BCUT2D eigenvalue weighted by molar-refractivity contribution is 0.315. The standard InChI is InChI=1S/C15H20N4O/c1-19(10-12-6-8-14(20-2)9-7-12)11-13-4-3-5-15(17-13)18-16/h3-9H,10-11,16H2,1-2H3,(H,17,18). The summed E-state index contributed by atoms with van der Waals surface area (Å²) in [5.74, 6) is 6.92. The van der Waals surface area contributed by atoms with E-state index in [0.717, 1.165) is 24.5 Å². The first-order chi connectivity index (χ1) is 9.71. The van der Waals surface area contributed by atoms with Gasteiger partial charge in [-0.15, -0.1) is 0 Å². The van der Waals surface area contributed by atoms with E-state index in [4.69, 9.17) is 10.6 Å². The van der Waals surface area contributed by atoms with Crippen molar-refractivity contribution < 1.29 is 4.74 Å². The zero-order valence-corrected chi connectivity index (χ0v) is 11.8. The average Bonchev–Trinajstić information content (AvgIpc) is 2.48. The van der Waals surface area contributed by atoms with Gasteiger partial charge in [0.05, 0.1) is 12.8 Å². The second kappa shape index (κ2) is 6.88. The zero-order valence-electron chi connectivity index (χ0n) is 11.8. The van der Waals surface area contributed by atoms with Crippen LogP contribution in [0.5, 0.6) is 5.75 Å². The van der Waals surface area contributed by atoms with Gasteiger partial charge in [0.25, 0.3) is 0 Å². The summed E-state index contributed by atoms with van der Waals surface area (Å²) in [6, 6.07) is 13.9. The fourth-order valence-electron chi connectivity index (χ4n) is 2.02. The number of hydrogen-bond donors (Lipinski definition) is 2. The van der Waals surface area contributed by atoms with Crippen LogP contribution in [0.4, 0.5) is 5.82 Å². The number of pyridine rings is 1. The maximum Gasteiger partial charge on any atom is 0.140 e. The second-order valence-electron chi connectivity index (χ2n) is 4.68. The van der Waals surface area contributed by atoms with Gasteiger partial charge >= 0.3 is 0 Å². The number of nitrogens with one attached hydrogen (secondary N) is 1. The minimum atomic E-state index is 0.681. The van der Waals surface area contributed by atoms with Gasteiger partial charge in [0, 0.05) is 13.1 Å². The third-order valence-electron chi connectivity index (χ3n) is 3.00. The Bertz CT molecular complexity index is 542. The summed E-state index contributed by atoms with van der Waals surface area (Å²) in [7, 11) is 3.74. The zero-order chi connectivity index (χ0) is 14.4. The molecule has 0 spiro atoms. The van der Waals surface area contributed by atoms with Crippen LogP contribution in [0, 0.1) is 0 Å². The molecule has 20 heavy (non-hydrogen) atoms. The molecule has 5 heteroatoms. The summed E-state index contributed by atoms with van der Waals surface area (Å²) in [6.45, 7) is 1.62. The third kappa shape index (κ3) is 3.94. The summed E-state index contributed by atoms with van der Waals surface area (Å²) in [4.78, 5) is 6.60. The lowest BCUT2D eigenvalue weighted by atomic mass is 10.2. The molecule has 0 saturated carbocycles. The van der Waals surface area contributed by atoms with Crippen molar-refractivity contribution in [3.63, 3.8) is 0 Å². The molecule has 0 aliphatic heterocycles. The van der Waals surface area contributed by atoms with Crippen LogP contribution in [0.1, 0.15) is 11.3 Å². The number of hydrazine groups is 1.